The summed E-state index contributed by atoms with van der Waals surface area (Å²) in [6, 6.07) is 6.49. The van der Waals surface area contributed by atoms with Crippen LogP contribution < -0.4 is 4.72 Å². The second-order valence-electron chi connectivity index (χ2n) is 3.47. The summed E-state index contributed by atoms with van der Waals surface area (Å²) >= 11 is 0. The molecule has 0 heterocycles. The highest BCUT2D eigenvalue weighted by Crippen LogP contribution is 2.09. The van der Waals surface area contributed by atoms with Crippen molar-refractivity contribution in [2.45, 2.75) is 17.9 Å². The number of aryl methyl sites for hydroxylation is 1. The Morgan fingerprint density at radius 1 is 1.44 bits per heavy atom. The van der Waals surface area contributed by atoms with Gasteiger partial charge in [-0.2, -0.15) is 0 Å². The smallest absolute Gasteiger partial charge is 0.240 e. The molecule has 2 N–H and O–H groups in total. The van der Waals surface area contributed by atoms with Gasteiger partial charge in [0.2, 0.25) is 10.0 Å². The van der Waals surface area contributed by atoms with Gasteiger partial charge in [-0.3, -0.25) is 0 Å². The lowest BCUT2D eigenvalue weighted by Gasteiger charge is -2.08. The van der Waals surface area contributed by atoms with Gasteiger partial charge in [-0.25, -0.2) is 13.1 Å². The minimum atomic E-state index is -3.54. The van der Waals surface area contributed by atoms with Crippen molar-refractivity contribution in [3.63, 3.8) is 0 Å². The van der Waals surface area contributed by atoms with E-state index in [4.69, 9.17) is 5.11 Å². The normalized spacial score (nSPS) is 13.4. The van der Waals surface area contributed by atoms with Crippen molar-refractivity contribution in [1.29, 1.82) is 0 Å². The van der Waals surface area contributed by atoms with Crippen molar-refractivity contribution < 1.29 is 13.5 Å². The van der Waals surface area contributed by atoms with Gasteiger partial charge < -0.3 is 5.11 Å². The Bertz CT molecular complexity index is 451. The molecular weight excluding hydrogens is 226 g/mol. The van der Waals surface area contributed by atoms with E-state index in [0.717, 1.165) is 5.56 Å². The van der Waals surface area contributed by atoms with Crippen LogP contribution in [0.5, 0.6) is 0 Å². The highest BCUT2D eigenvalue weighted by Gasteiger charge is 2.14. The van der Waals surface area contributed by atoms with Crippen LogP contribution >= 0.6 is 0 Å². The second kappa shape index (κ2) is 5.25. The van der Waals surface area contributed by atoms with E-state index in [9.17, 15) is 8.42 Å². The van der Waals surface area contributed by atoms with Gasteiger partial charge >= 0.3 is 0 Å². The maximum atomic E-state index is 11.7. The molecule has 0 amide bonds. The lowest BCUT2D eigenvalue weighted by atomic mass is 10.2. The summed E-state index contributed by atoms with van der Waals surface area (Å²) in [5.74, 6) is 0. The van der Waals surface area contributed by atoms with Gasteiger partial charge in [0, 0.05) is 6.54 Å². The average molecular weight is 241 g/mol. The molecule has 88 valence electrons. The molecule has 0 aliphatic rings. The molecule has 0 aromatic heterocycles. The first-order chi connectivity index (χ1) is 7.45. The van der Waals surface area contributed by atoms with Crippen LogP contribution in [0, 0.1) is 6.92 Å². The number of aliphatic hydroxyl groups excluding tert-OH is 1. The molecule has 0 saturated heterocycles. The van der Waals surface area contributed by atoms with Gasteiger partial charge in [-0.05, 0) is 19.1 Å². The Morgan fingerprint density at radius 2 is 2.00 bits per heavy atom. The highest BCUT2D eigenvalue weighted by molar-refractivity contribution is 7.89. The van der Waals surface area contributed by atoms with E-state index in [1.807, 2.05) is 6.92 Å². The van der Waals surface area contributed by atoms with E-state index >= 15 is 0 Å². The summed E-state index contributed by atoms with van der Waals surface area (Å²) in [5, 5.41) is 9.17. The molecule has 4 nitrogen and oxygen atoms in total. The fraction of sp³-hybridized carbons (Fsp3) is 0.273. The molecule has 0 saturated carbocycles. The molecular formula is C11H15NO3S. The van der Waals surface area contributed by atoms with Gasteiger partial charge in [0.05, 0.1) is 11.0 Å². The van der Waals surface area contributed by atoms with Crippen LogP contribution in [0.2, 0.25) is 0 Å². The molecule has 5 heteroatoms. The molecule has 1 atom stereocenters. The molecule has 0 fully saturated rings. The first-order valence-corrected chi connectivity index (χ1v) is 6.31. The Hall–Kier alpha value is -1.17. The lowest BCUT2D eigenvalue weighted by molar-refractivity contribution is 0.227. The number of aliphatic hydroxyl groups is 1. The third-order valence-corrected chi connectivity index (χ3v) is 3.53. The SMILES string of the molecule is C=CC(O)CNS(=O)(=O)c1ccc(C)cc1. The molecule has 0 bridgehead atoms. The van der Waals surface area contributed by atoms with E-state index < -0.39 is 16.1 Å². The zero-order valence-electron chi connectivity index (χ0n) is 9.05. The number of rotatable bonds is 5. The largest absolute Gasteiger partial charge is 0.388 e. The van der Waals surface area contributed by atoms with E-state index in [-0.39, 0.29) is 11.4 Å². The van der Waals surface area contributed by atoms with Gasteiger partial charge in [0.15, 0.2) is 0 Å². The van der Waals surface area contributed by atoms with E-state index in [1.165, 1.54) is 18.2 Å². The summed E-state index contributed by atoms with van der Waals surface area (Å²) in [7, 11) is -3.54. The Balaban J connectivity index is 2.78. The number of nitrogens with one attached hydrogen (secondary N) is 1. The first kappa shape index (κ1) is 12.9. The fourth-order valence-corrected chi connectivity index (χ4v) is 2.13. The predicted molar refractivity (Wildman–Crippen MR) is 62.6 cm³/mol. The minimum Gasteiger partial charge on any atom is -0.388 e. The van der Waals surface area contributed by atoms with Gasteiger partial charge in [-0.15, -0.1) is 6.58 Å². The molecule has 0 aliphatic carbocycles. The number of hydrogen-bond donors (Lipinski definition) is 2. The minimum absolute atomic E-state index is 0.0697. The van der Waals surface area contributed by atoms with Crippen LogP contribution in [0.3, 0.4) is 0 Å². The van der Waals surface area contributed by atoms with E-state index in [0.29, 0.717) is 0 Å². The monoisotopic (exact) mass is 241 g/mol. The number of benzene rings is 1. The number of hydrogen-bond acceptors (Lipinski definition) is 3. The summed E-state index contributed by atoms with van der Waals surface area (Å²) in [6.45, 7) is 5.17. The molecule has 1 unspecified atom stereocenters. The van der Waals surface area contributed by atoms with Gasteiger partial charge in [0.1, 0.15) is 0 Å². The van der Waals surface area contributed by atoms with Gasteiger partial charge in [-0.1, -0.05) is 23.8 Å². The Kier molecular flexibility index (Phi) is 4.23. The number of sulfonamides is 1. The van der Waals surface area contributed by atoms with Gasteiger partial charge in [0.25, 0.3) is 0 Å². The maximum Gasteiger partial charge on any atom is 0.240 e. The third kappa shape index (κ3) is 3.44. The first-order valence-electron chi connectivity index (χ1n) is 4.82. The quantitative estimate of drug-likeness (QED) is 0.750. The van der Waals surface area contributed by atoms with Crippen LogP contribution in [0.15, 0.2) is 41.8 Å². The van der Waals surface area contributed by atoms with Crippen LogP contribution in [0.1, 0.15) is 5.56 Å². The zero-order chi connectivity index (χ0) is 12.2. The van der Waals surface area contributed by atoms with Crippen LogP contribution in [-0.2, 0) is 10.0 Å². The summed E-state index contributed by atoms with van der Waals surface area (Å²) in [6.07, 6.45) is 0.401. The third-order valence-electron chi connectivity index (χ3n) is 2.09. The molecule has 0 aliphatic heterocycles. The predicted octanol–water partition coefficient (Wildman–Crippen LogP) is 0.820. The highest BCUT2D eigenvalue weighted by atomic mass is 32.2. The summed E-state index contributed by atoms with van der Waals surface area (Å²) in [4.78, 5) is 0.189. The van der Waals surface area contributed by atoms with E-state index in [1.54, 1.807) is 12.1 Å². The summed E-state index contributed by atoms with van der Waals surface area (Å²) < 4.78 is 25.7. The standard InChI is InChI=1S/C11H15NO3S/c1-3-10(13)8-12-16(14,15)11-6-4-9(2)5-7-11/h3-7,10,12-13H,1,8H2,2H3. The van der Waals surface area contributed by atoms with Crippen molar-refractivity contribution >= 4 is 10.0 Å². The maximum absolute atomic E-state index is 11.7. The van der Waals surface area contributed by atoms with E-state index in [2.05, 4.69) is 11.3 Å². The topological polar surface area (TPSA) is 66.4 Å². The Labute approximate surface area is 95.7 Å². The molecule has 1 aromatic rings. The van der Waals surface area contributed by atoms with Crippen molar-refractivity contribution in [3.8, 4) is 0 Å². The van der Waals surface area contributed by atoms with Crippen molar-refractivity contribution in [1.82, 2.24) is 4.72 Å². The molecule has 1 aromatic carbocycles. The molecule has 0 spiro atoms. The van der Waals surface area contributed by atoms with Crippen molar-refractivity contribution in [3.05, 3.63) is 42.5 Å². The molecule has 16 heavy (non-hydrogen) atoms. The zero-order valence-corrected chi connectivity index (χ0v) is 9.87. The Morgan fingerprint density at radius 3 is 2.50 bits per heavy atom. The van der Waals surface area contributed by atoms with Crippen LogP contribution in [0.4, 0.5) is 0 Å². The summed E-state index contributed by atoms with van der Waals surface area (Å²) in [5.41, 5.74) is 0.991. The fourth-order valence-electron chi connectivity index (χ4n) is 1.08. The van der Waals surface area contributed by atoms with Crippen molar-refractivity contribution in [2.24, 2.45) is 0 Å². The lowest BCUT2D eigenvalue weighted by Crippen LogP contribution is -2.31. The van der Waals surface area contributed by atoms with Crippen LogP contribution in [-0.4, -0.2) is 26.2 Å². The average Bonchev–Trinajstić information content (AvgIpc) is 2.26. The van der Waals surface area contributed by atoms with Crippen molar-refractivity contribution in [2.75, 3.05) is 6.54 Å². The molecule has 0 radical (unpaired) electrons. The second-order valence-corrected chi connectivity index (χ2v) is 5.23. The van der Waals surface area contributed by atoms with Crippen LogP contribution in [0.25, 0.3) is 0 Å². The molecule has 1 rings (SSSR count).